The molecule has 3 aromatic heterocycles. The lowest BCUT2D eigenvalue weighted by molar-refractivity contribution is -0.192. The van der Waals surface area contributed by atoms with Crippen LogP contribution in [0.1, 0.15) is 25.8 Å². The summed E-state index contributed by atoms with van der Waals surface area (Å²) in [5.74, 6) is -3.99. The number of halogens is 5. The number of H-pyrrole nitrogens is 1. The minimum atomic E-state index is -5.08. The maximum absolute atomic E-state index is 15.3. The van der Waals surface area contributed by atoms with Gasteiger partial charge in [-0.2, -0.15) is 18.3 Å². The molecule has 5 rings (SSSR count). The van der Waals surface area contributed by atoms with Crippen LogP contribution in [0.25, 0.3) is 32.5 Å². The van der Waals surface area contributed by atoms with Gasteiger partial charge in [-0.15, -0.1) is 0 Å². The van der Waals surface area contributed by atoms with Crippen molar-refractivity contribution in [3.05, 3.63) is 29.7 Å². The van der Waals surface area contributed by atoms with Crippen molar-refractivity contribution in [2.45, 2.75) is 39.0 Å². The number of fused-ring (bicyclic) bond motifs is 2. The number of amides is 1. The summed E-state index contributed by atoms with van der Waals surface area (Å²) >= 11 is 1.20. The van der Waals surface area contributed by atoms with Crippen molar-refractivity contribution in [1.82, 2.24) is 20.2 Å². The zero-order chi connectivity index (χ0) is 27.8. The Hall–Kier alpha value is -3.88. The quantitative estimate of drug-likeness (QED) is 0.276. The van der Waals surface area contributed by atoms with Crippen LogP contribution < -0.4 is 10.1 Å². The molecule has 3 heterocycles. The topological polar surface area (TPSA) is 130 Å². The molecule has 1 aliphatic rings. The Kier molecular flexibility index (Phi) is 7.49. The number of nitrogens with one attached hydrogen (secondary N) is 2. The molecular weight excluding hydrogens is 537 g/mol. The van der Waals surface area contributed by atoms with Gasteiger partial charge in [-0.25, -0.2) is 23.5 Å². The predicted octanol–water partition coefficient (Wildman–Crippen LogP) is 5.26. The van der Waals surface area contributed by atoms with E-state index in [0.717, 1.165) is 0 Å². The van der Waals surface area contributed by atoms with E-state index in [0.29, 0.717) is 56.2 Å². The molecule has 0 aliphatic heterocycles. The van der Waals surface area contributed by atoms with Gasteiger partial charge in [0.05, 0.1) is 24.4 Å². The number of hydrogen-bond acceptors (Lipinski definition) is 7. The number of pyridine rings is 1. The molecule has 0 spiro atoms. The third kappa shape index (κ3) is 5.37. The molecule has 9 nitrogen and oxygen atoms in total. The van der Waals surface area contributed by atoms with Gasteiger partial charge in [-0.1, -0.05) is 18.3 Å². The maximum Gasteiger partial charge on any atom is 0.490 e. The van der Waals surface area contributed by atoms with Gasteiger partial charge in [-0.05, 0) is 31.9 Å². The number of alkyl halides is 4. The summed E-state index contributed by atoms with van der Waals surface area (Å²) in [5.41, 5.74) is 2.79. The molecule has 202 valence electrons. The molecule has 1 saturated carbocycles. The minimum absolute atomic E-state index is 0.158. The number of thiazole rings is 1. The minimum Gasteiger partial charge on any atom is -0.489 e. The third-order valence-electron chi connectivity index (χ3n) is 5.58. The molecule has 1 fully saturated rings. The van der Waals surface area contributed by atoms with Gasteiger partial charge < -0.3 is 15.2 Å². The fourth-order valence-electron chi connectivity index (χ4n) is 3.72. The summed E-state index contributed by atoms with van der Waals surface area (Å²) in [6.07, 6.45) is -3.82. The highest BCUT2D eigenvalue weighted by Gasteiger charge is 2.44. The Labute approximate surface area is 215 Å². The average molecular weight is 558 g/mol. The number of carbonyl (C=O) groups excluding carboxylic acids is 1. The third-order valence-corrected chi connectivity index (χ3v) is 6.46. The number of aromatic nitrogens is 4. The molecule has 0 unspecified atom stereocenters. The van der Waals surface area contributed by atoms with E-state index >= 15 is 4.39 Å². The Bertz CT molecular complexity index is 1520. The average Bonchev–Trinajstić information content (AvgIpc) is 3.23. The van der Waals surface area contributed by atoms with E-state index in [1.807, 2.05) is 6.92 Å². The van der Waals surface area contributed by atoms with Crippen molar-refractivity contribution in [2.24, 2.45) is 5.92 Å². The highest BCUT2D eigenvalue weighted by molar-refractivity contribution is 7.22. The van der Waals surface area contributed by atoms with E-state index in [9.17, 15) is 22.4 Å². The molecule has 1 aromatic carbocycles. The lowest BCUT2D eigenvalue weighted by Gasteiger charge is -2.14. The highest BCUT2D eigenvalue weighted by atomic mass is 32.1. The van der Waals surface area contributed by atoms with Crippen molar-refractivity contribution in [3.63, 3.8) is 0 Å². The lowest BCUT2D eigenvalue weighted by atomic mass is 9.96. The molecule has 0 bridgehead atoms. The first-order valence-electron chi connectivity index (χ1n) is 11.3. The molecule has 1 amide bonds. The lowest BCUT2D eigenvalue weighted by Crippen LogP contribution is -2.21. The van der Waals surface area contributed by atoms with Gasteiger partial charge in [0, 0.05) is 16.5 Å². The van der Waals surface area contributed by atoms with Crippen molar-refractivity contribution in [3.8, 4) is 17.0 Å². The van der Waals surface area contributed by atoms with Crippen molar-refractivity contribution in [1.29, 1.82) is 0 Å². The molecule has 15 heteroatoms. The van der Waals surface area contributed by atoms with Crippen molar-refractivity contribution in [2.75, 3.05) is 11.9 Å². The van der Waals surface area contributed by atoms with Crippen LogP contribution in [0.5, 0.6) is 5.75 Å². The van der Waals surface area contributed by atoms with Gasteiger partial charge >= 0.3 is 12.1 Å². The van der Waals surface area contributed by atoms with Crippen LogP contribution >= 0.6 is 11.3 Å². The summed E-state index contributed by atoms with van der Waals surface area (Å²) < 4.78 is 65.7. The predicted molar refractivity (Wildman–Crippen MR) is 128 cm³/mol. The number of carboxylic acids is 1. The zero-order valence-corrected chi connectivity index (χ0v) is 20.6. The Balaban J connectivity index is 0.000000426. The van der Waals surface area contributed by atoms with Crippen LogP contribution in [0.15, 0.2) is 18.3 Å². The van der Waals surface area contributed by atoms with Crippen LogP contribution in [-0.2, 0) is 16.0 Å². The number of aromatic amines is 1. The molecule has 4 aromatic rings. The van der Waals surface area contributed by atoms with Crippen LogP contribution in [0.2, 0.25) is 0 Å². The number of carbonyl (C=O) groups is 2. The number of nitrogens with zero attached hydrogens (tertiary/aromatic N) is 3. The second kappa shape index (κ2) is 10.5. The number of ether oxygens (including phenoxy) is 1. The summed E-state index contributed by atoms with van der Waals surface area (Å²) in [5, 5.41) is 17.8. The number of anilines is 1. The van der Waals surface area contributed by atoms with Crippen LogP contribution in [-0.4, -0.2) is 56.1 Å². The molecule has 1 aliphatic carbocycles. The summed E-state index contributed by atoms with van der Waals surface area (Å²) in [4.78, 5) is 30.5. The molecule has 2 atom stereocenters. The first-order valence-corrected chi connectivity index (χ1v) is 12.1. The summed E-state index contributed by atoms with van der Waals surface area (Å²) in [6, 6.07) is 3.55. The van der Waals surface area contributed by atoms with Gasteiger partial charge in [0.1, 0.15) is 22.0 Å². The number of hydrogen-bond donors (Lipinski definition) is 3. The van der Waals surface area contributed by atoms with Crippen LogP contribution in [0, 0.1) is 11.7 Å². The van der Waals surface area contributed by atoms with E-state index in [2.05, 4.69) is 25.5 Å². The second-order valence-corrected chi connectivity index (χ2v) is 9.11. The second-order valence-electron chi connectivity index (χ2n) is 8.13. The Morgan fingerprint density at radius 2 is 1.95 bits per heavy atom. The Morgan fingerprint density at radius 1 is 1.26 bits per heavy atom. The van der Waals surface area contributed by atoms with E-state index in [1.165, 1.54) is 11.3 Å². The van der Waals surface area contributed by atoms with Crippen molar-refractivity contribution >= 4 is 49.6 Å². The molecule has 0 saturated heterocycles. The SMILES string of the molecule is CCOc1c(F)c(CC)c(-c2ccc3nc(NC(=O)[C@@H]4C[C@@H]4F)sc3n2)c2cn[nH]c12.O=C(O)C(F)(F)F. The number of rotatable bonds is 6. The van der Waals surface area contributed by atoms with Crippen molar-refractivity contribution < 1.29 is 41.4 Å². The first kappa shape index (κ1) is 27.2. The van der Waals surface area contributed by atoms with Gasteiger partial charge in [0.2, 0.25) is 5.91 Å². The number of benzene rings is 1. The number of carboxylic acid groups (broad SMARTS) is 1. The van der Waals surface area contributed by atoms with Crippen LogP contribution in [0.3, 0.4) is 0 Å². The van der Waals surface area contributed by atoms with E-state index in [1.54, 1.807) is 25.3 Å². The first-order chi connectivity index (χ1) is 18.0. The highest BCUT2D eigenvalue weighted by Crippen LogP contribution is 2.40. The standard InChI is InChI=1S/C21H19F2N5O2S.C2HF3O2/c1-3-9-15(11-8-24-28-17(11)18(16(9)23)30-4-2)13-5-6-14-20(25-13)31-21(26-14)27-19(29)10-7-12(10)22;3-2(4,5)1(6)7/h5-6,8,10,12H,3-4,7H2,1-2H3,(H,24,28)(H,26,27,29);(H,6,7)/t10-,12+;/m1./s1. The van der Waals surface area contributed by atoms with E-state index in [-0.39, 0.29) is 18.1 Å². The monoisotopic (exact) mass is 557 g/mol. The number of aliphatic carboxylic acids is 1. The largest absolute Gasteiger partial charge is 0.490 e. The van der Waals surface area contributed by atoms with Gasteiger partial charge in [0.15, 0.2) is 16.7 Å². The maximum atomic E-state index is 15.3. The molecule has 0 radical (unpaired) electrons. The summed E-state index contributed by atoms with van der Waals surface area (Å²) in [6.45, 7) is 4.00. The molecule has 3 N–H and O–H groups in total. The summed E-state index contributed by atoms with van der Waals surface area (Å²) in [7, 11) is 0. The Morgan fingerprint density at radius 3 is 2.53 bits per heavy atom. The van der Waals surface area contributed by atoms with Gasteiger partial charge in [0.25, 0.3) is 0 Å². The smallest absolute Gasteiger partial charge is 0.489 e. The molecule has 38 heavy (non-hydrogen) atoms. The molecular formula is C23H20F5N5O4S. The fourth-order valence-corrected chi connectivity index (χ4v) is 4.56. The zero-order valence-electron chi connectivity index (χ0n) is 19.8. The van der Waals surface area contributed by atoms with E-state index in [4.69, 9.17) is 14.6 Å². The van der Waals surface area contributed by atoms with Crippen LogP contribution in [0.4, 0.5) is 27.1 Å². The normalized spacial score (nSPS) is 16.7. The van der Waals surface area contributed by atoms with E-state index < -0.39 is 30.1 Å². The van der Waals surface area contributed by atoms with Gasteiger partial charge in [-0.3, -0.25) is 9.89 Å². The fraction of sp³-hybridized carbons (Fsp3) is 0.348.